The van der Waals surface area contributed by atoms with Crippen molar-refractivity contribution in [3.63, 3.8) is 0 Å². The molecule has 8 nitrogen and oxygen atoms in total. The lowest BCUT2D eigenvalue weighted by Crippen LogP contribution is -2.49. The van der Waals surface area contributed by atoms with Crippen molar-refractivity contribution >= 4 is 11.7 Å². The number of aryl methyl sites for hydroxylation is 1. The normalized spacial score (nSPS) is 15.7. The number of carbonyl (C=O) groups is 1. The third-order valence-corrected chi connectivity index (χ3v) is 5.10. The number of nitrogens with zero attached hydrogens (tertiary/aromatic N) is 2. The van der Waals surface area contributed by atoms with Crippen LogP contribution in [-0.2, 0) is 4.74 Å². The van der Waals surface area contributed by atoms with E-state index in [1.54, 1.807) is 19.1 Å². The maximum absolute atomic E-state index is 12.4. The number of nitrogens with one attached hydrogen (secondary N) is 3. The molecule has 162 valence electrons. The highest BCUT2D eigenvalue weighted by molar-refractivity contribution is 5.89. The van der Waals surface area contributed by atoms with Gasteiger partial charge in [0.1, 0.15) is 5.82 Å². The van der Waals surface area contributed by atoms with Crippen LogP contribution >= 0.6 is 0 Å². The van der Waals surface area contributed by atoms with Crippen LogP contribution in [0.15, 0.2) is 35.1 Å². The number of rotatable bonds is 7. The van der Waals surface area contributed by atoms with Gasteiger partial charge in [0, 0.05) is 43.0 Å². The molecule has 3 rings (SSSR count). The first-order valence-corrected chi connectivity index (χ1v) is 10.5. The number of ether oxygens (including phenoxy) is 1. The number of hydrogen-bond donors (Lipinski definition) is 3. The van der Waals surface area contributed by atoms with Gasteiger partial charge >= 0.3 is 6.03 Å². The average molecular weight is 414 g/mol. The molecule has 1 aromatic heterocycles. The Balaban J connectivity index is 1.56. The number of aromatic nitrogens is 2. The molecule has 0 saturated carbocycles. The van der Waals surface area contributed by atoms with Crippen molar-refractivity contribution in [2.24, 2.45) is 5.92 Å². The summed E-state index contributed by atoms with van der Waals surface area (Å²) in [5.74, 6) is 1.12. The Hall–Kier alpha value is -2.71. The molecule has 0 radical (unpaired) electrons. The predicted molar refractivity (Wildman–Crippen MR) is 118 cm³/mol. The van der Waals surface area contributed by atoms with E-state index in [9.17, 15) is 9.59 Å². The van der Waals surface area contributed by atoms with Crippen LogP contribution in [0.2, 0.25) is 0 Å². The second-order valence-electron chi connectivity index (χ2n) is 8.06. The van der Waals surface area contributed by atoms with E-state index in [0.29, 0.717) is 35.7 Å². The van der Waals surface area contributed by atoms with E-state index in [2.05, 4.69) is 39.3 Å². The lowest BCUT2D eigenvalue weighted by Gasteiger charge is -2.35. The number of H-pyrrole nitrogens is 1. The van der Waals surface area contributed by atoms with Crippen molar-refractivity contribution in [2.45, 2.75) is 33.2 Å². The van der Waals surface area contributed by atoms with Gasteiger partial charge in [-0.2, -0.15) is 0 Å². The van der Waals surface area contributed by atoms with Crippen molar-refractivity contribution in [3.8, 4) is 11.3 Å². The summed E-state index contributed by atoms with van der Waals surface area (Å²) in [4.78, 5) is 33.4. The van der Waals surface area contributed by atoms with E-state index in [-0.39, 0.29) is 11.6 Å². The van der Waals surface area contributed by atoms with Crippen molar-refractivity contribution in [3.05, 3.63) is 46.5 Å². The zero-order valence-corrected chi connectivity index (χ0v) is 17.9. The van der Waals surface area contributed by atoms with Gasteiger partial charge in [0.2, 0.25) is 0 Å². The second-order valence-corrected chi connectivity index (χ2v) is 8.06. The Labute approximate surface area is 177 Å². The van der Waals surface area contributed by atoms with E-state index in [0.717, 1.165) is 38.3 Å². The van der Waals surface area contributed by atoms with E-state index < -0.39 is 0 Å². The minimum atomic E-state index is -0.227. The fraction of sp³-hybridized carbons (Fsp3) is 0.500. The summed E-state index contributed by atoms with van der Waals surface area (Å²) >= 11 is 0. The number of amides is 2. The number of aromatic amines is 1. The van der Waals surface area contributed by atoms with Gasteiger partial charge in [-0.1, -0.05) is 26.0 Å². The Morgan fingerprint density at radius 2 is 1.93 bits per heavy atom. The van der Waals surface area contributed by atoms with Crippen LogP contribution < -0.4 is 16.2 Å². The smallest absolute Gasteiger partial charge is 0.319 e. The summed E-state index contributed by atoms with van der Waals surface area (Å²) in [6, 6.07) is 8.82. The number of anilines is 1. The highest BCUT2D eigenvalue weighted by Crippen LogP contribution is 2.18. The van der Waals surface area contributed by atoms with Gasteiger partial charge in [0.05, 0.1) is 18.9 Å². The summed E-state index contributed by atoms with van der Waals surface area (Å²) in [6.07, 6.45) is 1.03. The molecule has 1 atom stereocenters. The molecule has 2 aromatic rings. The van der Waals surface area contributed by atoms with Crippen LogP contribution in [0, 0.1) is 12.8 Å². The number of benzene rings is 1. The van der Waals surface area contributed by atoms with Gasteiger partial charge in [-0.15, -0.1) is 0 Å². The van der Waals surface area contributed by atoms with Gasteiger partial charge in [0.15, 0.2) is 0 Å². The van der Waals surface area contributed by atoms with Gasteiger partial charge < -0.3 is 20.4 Å². The van der Waals surface area contributed by atoms with E-state index in [1.165, 1.54) is 6.07 Å². The molecule has 0 bridgehead atoms. The molecule has 1 saturated heterocycles. The topological polar surface area (TPSA) is 99.3 Å². The first-order chi connectivity index (χ1) is 14.4. The highest BCUT2D eigenvalue weighted by Gasteiger charge is 2.22. The Bertz CT molecular complexity index is 888. The number of urea groups is 1. The van der Waals surface area contributed by atoms with Crippen LogP contribution in [0.4, 0.5) is 10.5 Å². The van der Waals surface area contributed by atoms with Gasteiger partial charge in [-0.05, 0) is 31.4 Å². The first kappa shape index (κ1) is 22.0. The van der Waals surface area contributed by atoms with E-state index in [1.807, 2.05) is 12.1 Å². The molecule has 2 heterocycles. The molecular weight excluding hydrogens is 382 g/mol. The Morgan fingerprint density at radius 1 is 1.23 bits per heavy atom. The van der Waals surface area contributed by atoms with Crippen LogP contribution in [0.3, 0.4) is 0 Å². The zero-order chi connectivity index (χ0) is 21.5. The predicted octanol–water partition coefficient (Wildman–Crippen LogP) is 2.61. The Kier molecular flexibility index (Phi) is 7.59. The fourth-order valence-electron chi connectivity index (χ4n) is 3.69. The van der Waals surface area contributed by atoms with Gasteiger partial charge in [-0.25, -0.2) is 9.78 Å². The zero-order valence-electron chi connectivity index (χ0n) is 17.9. The molecule has 8 heteroatoms. The molecule has 0 spiro atoms. The lowest BCUT2D eigenvalue weighted by atomic mass is 10.0. The molecule has 1 aliphatic rings. The summed E-state index contributed by atoms with van der Waals surface area (Å²) < 4.78 is 5.45. The van der Waals surface area contributed by atoms with Crippen LogP contribution in [-0.4, -0.2) is 59.8 Å². The largest absolute Gasteiger partial charge is 0.379 e. The first-order valence-electron chi connectivity index (χ1n) is 10.5. The molecule has 1 fully saturated rings. The molecule has 1 aliphatic heterocycles. The monoisotopic (exact) mass is 413 g/mol. The minimum absolute atomic E-state index is 0.185. The second kappa shape index (κ2) is 10.4. The van der Waals surface area contributed by atoms with E-state index in [4.69, 9.17) is 4.74 Å². The van der Waals surface area contributed by atoms with Crippen molar-refractivity contribution in [1.82, 2.24) is 20.2 Å². The van der Waals surface area contributed by atoms with Crippen molar-refractivity contribution in [2.75, 3.05) is 38.2 Å². The standard InChI is InChI=1S/C22H31N5O3/c1-15(2)12-19(27-8-10-30-11-9-27)14-23-22(29)26-18-6-4-17(5-7-18)20-13-21(28)25-16(3)24-20/h4-7,13,15,19H,8-12,14H2,1-3H3,(H2,23,26,29)(H,24,25,28). The third-order valence-electron chi connectivity index (χ3n) is 5.10. The molecule has 30 heavy (non-hydrogen) atoms. The van der Waals surface area contributed by atoms with Crippen molar-refractivity contribution in [1.29, 1.82) is 0 Å². The summed E-state index contributed by atoms with van der Waals surface area (Å²) in [7, 11) is 0. The molecule has 3 N–H and O–H groups in total. The molecule has 1 unspecified atom stereocenters. The molecule has 1 aromatic carbocycles. The van der Waals surface area contributed by atoms with Crippen LogP contribution in [0.5, 0.6) is 0 Å². The average Bonchev–Trinajstić information content (AvgIpc) is 2.71. The quantitative estimate of drug-likeness (QED) is 0.648. The Morgan fingerprint density at radius 3 is 2.57 bits per heavy atom. The molecule has 2 amide bonds. The summed E-state index contributed by atoms with van der Waals surface area (Å²) in [5, 5.41) is 5.88. The lowest BCUT2D eigenvalue weighted by molar-refractivity contribution is 0.0130. The molecule has 0 aliphatic carbocycles. The third kappa shape index (κ3) is 6.40. The summed E-state index contributed by atoms with van der Waals surface area (Å²) in [6.45, 7) is 10.0. The minimum Gasteiger partial charge on any atom is -0.379 e. The number of carbonyl (C=O) groups excluding carboxylic acids is 1. The summed E-state index contributed by atoms with van der Waals surface area (Å²) in [5.41, 5.74) is 1.92. The fourth-order valence-corrected chi connectivity index (χ4v) is 3.69. The maximum Gasteiger partial charge on any atom is 0.319 e. The van der Waals surface area contributed by atoms with Crippen LogP contribution in [0.25, 0.3) is 11.3 Å². The SMILES string of the molecule is Cc1nc(-c2ccc(NC(=O)NCC(CC(C)C)N3CCOCC3)cc2)cc(=O)[nH]1. The highest BCUT2D eigenvalue weighted by atomic mass is 16.5. The number of hydrogen-bond acceptors (Lipinski definition) is 5. The number of morpholine rings is 1. The maximum atomic E-state index is 12.4. The molecular formula is C22H31N5O3. The van der Waals surface area contributed by atoms with Gasteiger partial charge in [0.25, 0.3) is 5.56 Å². The van der Waals surface area contributed by atoms with Crippen molar-refractivity contribution < 1.29 is 9.53 Å². The van der Waals surface area contributed by atoms with E-state index >= 15 is 0 Å². The van der Waals surface area contributed by atoms with Crippen LogP contribution in [0.1, 0.15) is 26.1 Å². The van der Waals surface area contributed by atoms with Gasteiger partial charge in [-0.3, -0.25) is 9.69 Å².